The normalized spacial score (nSPS) is 15.5. The van der Waals surface area contributed by atoms with Crippen LogP contribution in [-0.4, -0.2) is 37.2 Å². The molecule has 0 spiro atoms. The molecule has 0 atom stereocenters. The molecule has 0 unspecified atom stereocenters. The minimum Gasteiger partial charge on any atom is -0.317 e. The van der Waals surface area contributed by atoms with Crippen LogP contribution >= 0.6 is 0 Å². The molecule has 1 saturated heterocycles. The van der Waals surface area contributed by atoms with E-state index in [2.05, 4.69) is 20.4 Å². The Balaban J connectivity index is 1.59. The van der Waals surface area contributed by atoms with Gasteiger partial charge in [0, 0.05) is 11.6 Å². The monoisotopic (exact) mass is 374 g/mol. The van der Waals surface area contributed by atoms with E-state index in [-0.39, 0.29) is 11.6 Å². The van der Waals surface area contributed by atoms with Crippen molar-refractivity contribution in [3.05, 3.63) is 58.5 Å². The van der Waals surface area contributed by atoms with Gasteiger partial charge in [-0.05, 0) is 58.0 Å². The van der Waals surface area contributed by atoms with Gasteiger partial charge in [0.2, 0.25) is 0 Å². The molecule has 5 rings (SSSR count). The van der Waals surface area contributed by atoms with Gasteiger partial charge in [-0.15, -0.1) is 0 Å². The van der Waals surface area contributed by atoms with Crippen molar-refractivity contribution < 1.29 is 0 Å². The largest absolute Gasteiger partial charge is 0.317 e. The van der Waals surface area contributed by atoms with E-state index in [1.54, 1.807) is 10.9 Å². The van der Waals surface area contributed by atoms with Crippen LogP contribution in [0.1, 0.15) is 30.3 Å². The summed E-state index contributed by atoms with van der Waals surface area (Å²) >= 11 is 0. The van der Waals surface area contributed by atoms with Gasteiger partial charge in [0.1, 0.15) is 0 Å². The smallest absolute Gasteiger partial charge is 0.261 e. The van der Waals surface area contributed by atoms with Crippen LogP contribution in [-0.2, 0) is 0 Å². The predicted octanol–water partition coefficient (Wildman–Crippen LogP) is 2.65. The minimum absolute atomic E-state index is 0.0362. The zero-order valence-electron chi connectivity index (χ0n) is 16.0. The molecule has 28 heavy (non-hydrogen) atoms. The SMILES string of the molecule is Cc1cn2nc(-c3ccc4c(=O)n(C5CCNCC5)cnc4c3)cc2c(C)n1. The van der Waals surface area contributed by atoms with Crippen LogP contribution in [0.25, 0.3) is 27.7 Å². The highest BCUT2D eigenvalue weighted by Gasteiger charge is 2.18. The van der Waals surface area contributed by atoms with Gasteiger partial charge < -0.3 is 5.32 Å². The lowest BCUT2D eigenvalue weighted by Crippen LogP contribution is -2.34. The third kappa shape index (κ3) is 2.79. The summed E-state index contributed by atoms with van der Waals surface area (Å²) in [6.07, 6.45) is 5.53. The van der Waals surface area contributed by atoms with Gasteiger partial charge in [0.25, 0.3) is 5.56 Å². The maximum atomic E-state index is 13.0. The van der Waals surface area contributed by atoms with Gasteiger partial charge in [-0.1, -0.05) is 6.07 Å². The molecule has 0 radical (unpaired) electrons. The molecule has 0 bridgehead atoms. The second kappa shape index (κ2) is 6.53. The molecule has 7 heteroatoms. The van der Waals surface area contributed by atoms with Crippen LogP contribution in [0.5, 0.6) is 0 Å². The third-order valence-corrected chi connectivity index (χ3v) is 5.54. The van der Waals surface area contributed by atoms with Crippen molar-refractivity contribution in [3.63, 3.8) is 0 Å². The fourth-order valence-corrected chi connectivity index (χ4v) is 4.07. The van der Waals surface area contributed by atoms with E-state index in [4.69, 9.17) is 0 Å². The van der Waals surface area contributed by atoms with E-state index in [1.165, 1.54) is 0 Å². The highest BCUT2D eigenvalue weighted by Crippen LogP contribution is 2.24. The van der Waals surface area contributed by atoms with Gasteiger partial charge in [0.15, 0.2) is 0 Å². The lowest BCUT2D eigenvalue weighted by molar-refractivity contribution is 0.359. The molecule has 0 saturated carbocycles. The van der Waals surface area contributed by atoms with Crippen molar-refractivity contribution >= 4 is 16.4 Å². The molecule has 1 aromatic carbocycles. The van der Waals surface area contributed by atoms with Crippen LogP contribution < -0.4 is 10.9 Å². The van der Waals surface area contributed by atoms with Gasteiger partial charge in [-0.2, -0.15) is 5.10 Å². The number of nitrogens with one attached hydrogen (secondary N) is 1. The molecule has 0 amide bonds. The molecule has 1 aliphatic rings. The molecule has 7 nitrogen and oxygen atoms in total. The Morgan fingerprint density at radius 1 is 1.14 bits per heavy atom. The van der Waals surface area contributed by atoms with E-state index in [1.807, 2.05) is 48.8 Å². The Labute approximate surface area is 162 Å². The molecular formula is C21H22N6O. The lowest BCUT2D eigenvalue weighted by Gasteiger charge is -2.24. The first kappa shape index (κ1) is 17.1. The summed E-state index contributed by atoms with van der Waals surface area (Å²) in [5.41, 5.74) is 5.39. The summed E-state index contributed by atoms with van der Waals surface area (Å²) in [6, 6.07) is 8.02. The van der Waals surface area contributed by atoms with Crippen molar-refractivity contribution in [2.75, 3.05) is 13.1 Å². The lowest BCUT2D eigenvalue weighted by atomic mass is 10.1. The summed E-state index contributed by atoms with van der Waals surface area (Å²) in [6.45, 7) is 5.82. The number of fused-ring (bicyclic) bond motifs is 2. The van der Waals surface area contributed by atoms with Crippen LogP contribution in [0.4, 0.5) is 0 Å². The maximum absolute atomic E-state index is 13.0. The summed E-state index contributed by atoms with van der Waals surface area (Å²) < 4.78 is 3.66. The number of nitrogens with zero attached hydrogens (tertiary/aromatic N) is 5. The average Bonchev–Trinajstić information content (AvgIpc) is 3.13. The Morgan fingerprint density at radius 2 is 1.96 bits per heavy atom. The first-order valence-corrected chi connectivity index (χ1v) is 9.66. The van der Waals surface area contributed by atoms with Crippen LogP contribution in [0.3, 0.4) is 0 Å². The van der Waals surface area contributed by atoms with Gasteiger partial charge in [-0.25, -0.2) is 9.50 Å². The van der Waals surface area contributed by atoms with Gasteiger partial charge in [-0.3, -0.25) is 14.3 Å². The highest BCUT2D eigenvalue weighted by atomic mass is 16.1. The van der Waals surface area contributed by atoms with Crippen molar-refractivity contribution in [1.82, 2.24) is 29.5 Å². The number of aryl methyl sites for hydroxylation is 2. The van der Waals surface area contributed by atoms with Crippen LogP contribution in [0.15, 0.2) is 41.6 Å². The van der Waals surface area contributed by atoms with E-state index in [0.29, 0.717) is 10.9 Å². The number of hydrogen-bond donors (Lipinski definition) is 1. The maximum Gasteiger partial charge on any atom is 0.261 e. The predicted molar refractivity (Wildman–Crippen MR) is 109 cm³/mol. The van der Waals surface area contributed by atoms with E-state index in [0.717, 1.165) is 54.1 Å². The quantitative estimate of drug-likeness (QED) is 0.584. The zero-order chi connectivity index (χ0) is 19.3. The highest BCUT2D eigenvalue weighted by molar-refractivity contribution is 5.83. The summed E-state index contributed by atoms with van der Waals surface area (Å²) in [4.78, 5) is 22.1. The zero-order valence-corrected chi connectivity index (χ0v) is 16.0. The van der Waals surface area contributed by atoms with E-state index < -0.39 is 0 Å². The second-order valence-corrected chi connectivity index (χ2v) is 7.50. The second-order valence-electron chi connectivity index (χ2n) is 7.50. The van der Waals surface area contributed by atoms with Crippen LogP contribution in [0.2, 0.25) is 0 Å². The topological polar surface area (TPSA) is 77.1 Å². The first-order chi connectivity index (χ1) is 13.6. The Kier molecular flexibility index (Phi) is 3.98. The molecule has 0 aliphatic carbocycles. The molecular weight excluding hydrogens is 352 g/mol. The Hall–Kier alpha value is -3.06. The number of benzene rings is 1. The number of aromatic nitrogens is 5. The number of hydrogen-bond acceptors (Lipinski definition) is 5. The molecule has 142 valence electrons. The molecule has 4 aromatic rings. The van der Waals surface area contributed by atoms with Crippen molar-refractivity contribution in [3.8, 4) is 11.3 Å². The minimum atomic E-state index is 0.0362. The fourth-order valence-electron chi connectivity index (χ4n) is 4.07. The van der Waals surface area contributed by atoms with Crippen LogP contribution in [0, 0.1) is 13.8 Å². The average molecular weight is 374 g/mol. The molecule has 1 aliphatic heterocycles. The molecule has 1 fully saturated rings. The van der Waals surface area contributed by atoms with E-state index in [9.17, 15) is 4.79 Å². The van der Waals surface area contributed by atoms with Crippen molar-refractivity contribution in [2.24, 2.45) is 0 Å². The summed E-state index contributed by atoms with van der Waals surface area (Å²) in [5, 5.41) is 8.67. The van der Waals surface area contributed by atoms with Gasteiger partial charge in [0.05, 0.1) is 46.0 Å². The van der Waals surface area contributed by atoms with E-state index >= 15 is 0 Å². The number of rotatable bonds is 2. The first-order valence-electron chi connectivity index (χ1n) is 9.66. The summed E-state index contributed by atoms with van der Waals surface area (Å²) in [7, 11) is 0. The molecule has 3 aromatic heterocycles. The third-order valence-electron chi connectivity index (χ3n) is 5.54. The Morgan fingerprint density at radius 3 is 2.79 bits per heavy atom. The van der Waals surface area contributed by atoms with Gasteiger partial charge >= 0.3 is 0 Å². The number of piperidine rings is 1. The fraction of sp³-hybridized carbons (Fsp3) is 0.333. The Bertz CT molecular complexity index is 1250. The van der Waals surface area contributed by atoms with Crippen molar-refractivity contribution in [2.45, 2.75) is 32.7 Å². The van der Waals surface area contributed by atoms with Crippen molar-refractivity contribution in [1.29, 1.82) is 0 Å². The molecule has 1 N–H and O–H groups in total. The molecule has 4 heterocycles. The standard InChI is InChI=1S/C21H22N6O/c1-13-11-27-20(14(2)24-13)10-18(25-27)15-3-4-17-19(9-15)23-12-26(21(17)28)16-5-7-22-8-6-16/h3-4,9-12,16,22H,5-8H2,1-2H3. The summed E-state index contributed by atoms with van der Waals surface area (Å²) in [5.74, 6) is 0.